The first-order chi connectivity index (χ1) is 8.66. The van der Waals surface area contributed by atoms with E-state index < -0.39 is 0 Å². The molecule has 0 bridgehead atoms. The summed E-state index contributed by atoms with van der Waals surface area (Å²) in [5.41, 5.74) is 2.78. The summed E-state index contributed by atoms with van der Waals surface area (Å²) < 4.78 is 5.54. The molecule has 2 rings (SSSR count). The molecule has 0 heterocycles. The van der Waals surface area contributed by atoms with Crippen LogP contribution in [0.5, 0.6) is 5.75 Å². The normalized spacial score (nSPS) is 13.9. The van der Waals surface area contributed by atoms with Gasteiger partial charge in [-0.3, -0.25) is 10.0 Å². The number of hydrogen-bond donors (Lipinski definition) is 1. The SMILES string of the molecule is CC(=O)N(O)CCOc1ccc2c(c1)CCCC2. The van der Waals surface area contributed by atoms with E-state index in [0.29, 0.717) is 11.7 Å². The minimum absolute atomic E-state index is 0.187. The van der Waals surface area contributed by atoms with Crippen molar-refractivity contribution in [1.29, 1.82) is 0 Å². The molecule has 0 unspecified atom stereocenters. The van der Waals surface area contributed by atoms with Crippen molar-refractivity contribution in [3.05, 3.63) is 29.3 Å². The summed E-state index contributed by atoms with van der Waals surface area (Å²) in [6.07, 6.45) is 4.78. The molecule has 4 nitrogen and oxygen atoms in total. The summed E-state index contributed by atoms with van der Waals surface area (Å²) in [6.45, 7) is 1.81. The molecule has 0 spiro atoms. The number of rotatable bonds is 4. The highest BCUT2D eigenvalue weighted by Crippen LogP contribution is 2.25. The summed E-state index contributed by atoms with van der Waals surface area (Å²) in [5.74, 6) is 0.441. The molecule has 0 saturated carbocycles. The van der Waals surface area contributed by atoms with Crippen molar-refractivity contribution >= 4 is 5.91 Å². The van der Waals surface area contributed by atoms with Crippen molar-refractivity contribution in [2.45, 2.75) is 32.6 Å². The van der Waals surface area contributed by atoms with Crippen LogP contribution in [0.25, 0.3) is 0 Å². The summed E-state index contributed by atoms with van der Waals surface area (Å²) in [4.78, 5) is 10.8. The van der Waals surface area contributed by atoms with Gasteiger partial charge in [-0.25, -0.2) is 5.06 Å². The van der Waals surface area contributed by atoms with Gasteiger partial charge in [-0.15, -0.1) is 0 Å². The van der Waals surface area contributed by atoms with Gasteiger partial charge in [0.1, 0.15) is 12.4 Å². The second kappa shape index (κ2) is 5.87. The minimum Gasteiger partial charge on any atom is -0.492 e. The van der Waals surface area contributed by atoms with Crippen LogP contribution in [-0.2, 0) is 17.6 Å². The minimum atomic E-state index is -0.371. The van der Waals surface area contributed by atoms with E-state index in [4.69, 9.17) is 4.74 Å². The van der Waals surface area contributed by atoms with Crippen molar-refractivity contribution in [2.75, 3.05) is 13.2 Å². The van der Waals surface area contributed by atoms with E-state index in [1.54, 1.807) is 0 Å². The van der Waals surface area contributed by atoms with Crippen LogP contribution in [0, 0.1) is 0 Å². The molecule has 0 fully saturated rings. The van der Waals surface area contributed by atoms with Crippen LogP contribution >= 0.6 is 0 Å². The maximum atomic E-state index is 10.8. The van der Waals surface area contributed by atoms with Gasteiger partial charge < -0.3 is 4.74 Å². The standard InChI is InChI=1S/C14H19NO3/c1-11(16)15(17)8-9-18-14-7-6-12-4-2-3-5-13(12)10-14/h6-7,10,17H,2-5,8-9H2,1H3. The Morgan fingerprint density at radius 2 is 2.06 bits per heavy atom. The summed E-state index contributed by atoms with van der Waals surface area (Å²) in [5, 5.41) is 9.87. The number of nitrogens with zero attached hydrogens (tertiary/aromatic N) is 1. The molecule has 0 radical (unpaired) electrons. The molecule has 0 atom stereocenters. The smallest absolute Gasteiger partial charge is 0.242 e. The predicted octanol–water partition coefficient (Wildman–Crippen LogP) is 2.18. The second-order valence-corrected chi connectivity index (χ2v) is 4.63. The Kier molecular flexibility index (Phi) is 4.20. The van der Waals surface area contributed by atoms with Crippen LogP contribution < -0.4 is 4.74 Å². The lowest BCUT2D eigenvalue weighted by Gasteiger charge is -2.17. The number of aryl methyl sites for hydroxylation is 2. The molecule has 1 N–H and O–H groups in total. The highest BCUT2D eigenvalue weighted by atomic mass is 16.5. The average molecular weight is 249 g/mol. The molecule has 1 amide bonds. The van der Waals surface area contributed by atoms with E-state index >= 15 is 0 Å². The Morgan fingerprint density at radius 3 is 2.78 bits per heavy atom. The summed E-state index contributed by atoms with van der Waals surface area (Å²) in [6, 6.07) is 6.15. The maximum absolute atomic E-state index is 10.8. The molecular formula is C14H19NO3. The third kappa shape index (κ3) is 3.23. The Balaban J connectivity index is 1.88. The first-order valence-electron chi connectivity index (χ1n) is 6.38. The Hall–Kier alpha value is -1.55. The molecule has 1 aromatic rings. The molecule has 1 aliphatic rings. The largest absolute Gasteiger partial charge is 0.492 e. The highest BCUT2D eigenvalue weighted by Gasteiger charge is 2.10. The number of fused-ring (bicyclic) bond motifs is 1. The number of carbonyl (C=O) groups excluding carboxylic acids is 1. The van der Waals surface area contributed by atoms with Gasteiger partial charge >= 0.3 is 0 Å². The number of amides is 1. The van der Waals surface area contributed by atoms with Crippen LogP contribution in [-0.4, -0.2) is 29.3 Å². The third-order valence-electron chi connectivity index (χ3n) is 3.26. The zero-order valence-electron chi connectivity index (χ0n) is 10.7. The van der Waals surface area contributed by atoms with Crippen LogP contribution in [0.3, 0.4) is 0 Å². The highest BCUT2D eigenvalue weighted by molar-refractivity contribution is 5.71. The van der Waals surface area contributed by atoms with Crippen molar-refractivity contribution in [3.8, 4) is 5.75 Å². The zero-order valence-corrected chi connectivity index (χ0v) is 10.7. The lowest BCUT2D eigenvalue weighted by atomic mass is 9.92. The average Bonchev–Trinajstić information content (AvgIpc) is 2.38. The Labute approximate surface area is 107 Å². The fourth-order valence-corrected chi connectivity index (χ4v) is 2.21. The van der Waals surface area contributed by atoms with Gasteiger partial charge in [-0.2, -0.15) is 0 Å². The van der Waals surface area contributed by atoms with Crippen LogP contribution in [0.4, 0.5) is 0 Å². The first-order valence-corrected chi connectivity index (χ1v) is 6.38. The van der Waals surface area contributed by atoms with Gasteiger partial charge in [0.15, 0.2) is 0 Å². The molecule has 0 aromatic heterocycles. The van der Waals surface area contributed by atoms with Gasteiger partial charge in [0, 0.05) is 6.92 Å². The molecular weight excluding hydrogens is 230 g/mol. The van der Waals surface area contributed by atoms with Gasteiger partial charge in [-0.1, -0.05) is 6.07 Å². The molecule has 1 aliphatic carbocycles. The topological polar surface area (TPSA) is 49.8 Å². The second-order valence-electron chi connectivity index (χ2n) is 4.63. The van der Waals surface area contributed by atoms with E-state index in [-0.39, 0.29) is 12.5 Å². The lowest BCUT2D eigenvalue weighted by Crippen LogP contribution is -2.29. The van der Waals surface area contributed by atoms with Gasteiger partial charge in [0.2, 0.25) is 5.91 Å². The monoisotopic (exact) mass is 249 g/mol. The molecule has 1 aromatic carbocycles. The lowest BCUT2D eigenvalue weighted by molar-refractivity contribution is -0.163. The summed E-state index contributed by atoms with van der Waals surface area (Å²) >= 11 is 0. The van der Waals surface area contributed by atoms with Gasteiger partial charge in [0.25, 0.3) is 0 Å². The Bertz CT molecular complexity index is 431. The molecule has 0 saturated heterocycles. The zero-order chi connectivity index (χ0) is 13.0. The molecule has 18 heavy (non-hydrogen) atoms. The first kappa shape index (κ1) is 12.9. The number of benzene rings is 1. The van der Waals surface area contributed by atoms with E-state index in [0.717, 1.165) is 18.6 Å². The maximum Gasteiger partial charge on any atom is 0.242 e. The van der Waals surface area contributed by atoms with Crippen molar-refractivity contribution in [3.63, 3.8) is 0 Å². The van der Waals surface area contributed by atoms with E-state index in [2.05, 4.69) is 12.1 Å². The van der Waals surface area contributed by atoms with Crippen LogP contribution in [0.15, 0.2) is 18.2 Å². The fraction of sp³-hybridized carbons (Fsp3) is 0.500. The fourth-order valence-electron chi connectivity index (χ4n) is 2.21. The molecule has 98 valence electrons. The number of carbonyl (C=O) groups is 1. The van der Waals surface area contributed by atoms with Gasteiger partial charge in [-0.05, 0) is 48.9 Å². The molecule has 4 heteroatoms. The van der Waals surface area contributed by atoms with E-state index in [9.17, 15) is 10.0 Å². The van der Waals surface area contributed by atoms with Crippen molar-refractivity contribution in [1.82, 2.24) is 5.06 Å². The van der Waals surface area contributed by atoms with E-state index in [1.165, 1.54) is 30.9 Å². The summed E-state index contributed by atoms with van der Waals surface area (Å²) in [7, 11) is 0. The predicted molar refractivity (Wildman–Crippen MR) is 67.8 cm³/mol. The van der Waals surface area contributed by atoms with E-state index in [1.807, 2.05) is 6.07 Å². The van der Waals surface area contributed by atoms with Gasteiger partial charge in [0.05, 0.1) is 6.54 Å². The number of ether oxygens (including phenoxy) is 1. The number of hydroxylamine groups is 2. The Morgan fingerprint density at radius 1 is 1.33 bits per heavy atom. The quantitative estimate of drug-likeness (QED) is 0.657. The molecule has 0 aliphatic heterocycles. The third-order valence-corrected chi connectivity index (χ3v) is 3.26. The van der Waals surface area contributed by atoms with Crippen molar-refractivity contribution < 1.29 is 14.7 Å². The van der Waals surface area contributed by atoms with Crippen LogP contribution in [0.1, 0.15) is 30.9 Å². The number of hydrogen-bond acceptors (Lipinski definition) is 3. The van der Waals surface area contributed by atoms with Crippen molar-refractivity contribution in [2.24, 2.45) is 0 Å². The van der Waals surface area contributed by atoms with Crippen LogP contribution in [0.2, 0.25) is 0 Å².